The molecule has 0 aromatic rings. The monoisotopic (exact) mass is 230 g/mol. The minimum Gasteiger partial charge on any atom is -0.348 e. The van der Waals surface area contributed by atoms with E-state index in [4.69, 9.17) is 18.9 Å². The first-order chi connectivity index (χ1) is 7.33. The van der Waals surface area contributed by atoms with Gasteiger partial charge in [0.15, 0.2) is 17.9 Å². The molecule has 0 aromatic carbocycles. The summed E-state index contributed by atoms with van der Waals surface area (Å²) in [5.41, 5.74) is 0. The summed E-state index contributed by atoms with van der Waals surface area (Å²) in [4.78, 5) is 10.9. The molecule has 0 radical (unpaired) electrons. The van der Waals surface area contributed by atoms with Crippen LogP contribution < -0.4 is 0 Å². The van der Waals surface area contributed by atoms with Crippen molar-refractivity contribution in [1.82, 2.24) is 0 Å². The lowest BCUT2D eigenvalue weighted by molar-refractivity contribution is -0.174. The predicted octanol–water partition coefficient (Wildman–Crippen LogP) is 0.857. The van der Waals surface area contributed by atoms with Crippen LogP contribution in [0.2, 0.25) is 0 Å². The largest absolute Gasteiger partial charge is 0.348 e. The Morgan fingerprint density at radius 1 is 1.06 bits per heavy atom. The van der Waals surface area contributed by atoms with Crippen LogP contribution in [0.3, 0.4) is 0 Å². The van der Waals surface area contributed by atoms with Gasteiger partial charge in [-0.05, 0) is 27.7 Å². The Morgan fingerprint density at radius 2 is 1.75 bits per heavy atom. The maximum absolute atomic E-state index is 10.9. The Kier molecular flexibility index (Phi) is 2.82. The van der Waals surface area contributed by atoms with Crippen LogP contribution in [0.1, 0.15) is 27.7 Å². The number of ether oxygens (including phenoxy) is 4. The Balaban J connectivity index is 2.07. The molecule has 2 saturated heterocycles. The van der Waals surface area contributed by atoms with Crippen LogP contribution >= 0.6 is 0 Å². The molecule has 2 rings (SSSR count). The Labute approximate surface area is 95.0 Å². The van der Waals surface area contributed by atoms with Crippen LogP contribution in [0.25, 0.3) is 0 Å². The summed E-state index contributed by atoms with van der Waals surface area (Å²) in [6, 6.07) is 0. The summed E-state index contributed by atoms with van der Waals surface area (Å²) in [5.74, 6) is -1.36. The predicted molar refractivity (Wildman–Crippen MR) is 54.8 cm³/mol. The highest BCUT2D eigenvalue weighted by atomic mass is 16.8. The van der Waals surface area contributed by atoms with E-state index >= 15 is 0 Å². The fourth-order valence-electron chi connectivity index (χ4n) is 2.09. The van der Waals surface area contributed by atoms with E-state index < -0.39 is 23.8 Å². The van der Waals surface area contributed by atoms with E-state index in [0.717, 1.165) is 6.29 Å². The first-order valence-corrected chi connectivity index (χ1v) is 5.46. The first kappa shape index (κ1) is 12.0. The summed E-state index contributed by atoms with van der Waals surface area (Å²) in [6.07, 6.45) is -0.479. The zero-order valence-corrected chi connectivity index (χ0v) is 10.1. The number of rotatable bonds is 2. The van der Waals surface area contributed by atoms with Gasteiger partial charge < -0.3 is 23.7 Å². The van der Waals surface area contributed by atoms with E-state index in [9.17, 15) is 4.79 Å². The van der Waals surface area contributed by atoms with Crippen LogP contribution in [0.15, 0.2) is 0 Å². The molecule has 3 atom stereocenters. The molecule has 2 aliphatic rings. The third kappa shape index (κ3) is 2.27. The van der Waals surface area contributed by atoms with Crippen molar-refractivity contribution in [2.45, 2.75) is 57.6 Å². The number of carbonyl (C=O) groups excluding carboxylic acids is 1. The minimum atomic E-state index is -0.744. The molecule has 2 heterocycles. The summed E-state index contributed by atoms with van der Waals surface area (Å²) in [5, 5.41) is 0. The van der Waals surface area contributed by atoms with Crippen LogP contribution in [0.4, 0.5) is 0 Å². The molecule has 0 N–H and O–H groups in total. The smallest absolute Gasteiger partial charge is 0.164 e. The van der Waals surface area contributed by atoms with Crippen molar-refractivity contribution in [2.75, 3.05) is 6.61 Å². The molecule has 0 amide bonds. The van der Waals surface area contributed by atoms with E-state index in [1.165, 1.54) is 0 Å². The van der Waals surface area contributed by atoms with Crippen molar-refractivity contribution >= 4 is 6.29 Å². The van der Waals surface area contributed by atoms with Gasteiger partial charge in [0.05, 0.1) is 6.61 Å². The molecular formula is C11H18O5. The molecule has 0 saturated carbocycles. The number of carbonyl (C=O) groups is 1. The van der Waals surface area contributed by atoms with Crippen molar-refractivity contribution in [3.8, 4) is 0 Å². The van der Waals surface area contributed by atoms with Gasteiger partial charge in [-0.2, -0.15) is 0 Å². The third-order valence-electron chi connectivity index (χ3n) is 2.69. The first-order valence-electron chi connectivity index (χ1n) is 5.46. The Morgan fingerprint density at radius 3 is 2.25 bits per heavy atom. The topological polar surface area (TPSA) is 54.0 Å². The average Bonchev–Trinajstić information content (AvgIpc) is 2.65. The fraction of sp³-hybridized carbons (Fsp3) is 0.909. The zero-order valence-electron chi connectivity index (χ0n) is 10.1. The Bertz CT molecular complexity index is 286. The van der Waals surface area contributed by atoms with E-state index in [-0.39, 0.29) is 6.10 Å². The molecule has 92 valence electrons. The van der Waals surface area contributed by atoms with Crippen molar-refractivity contribution in [2.24, 2.45) is 0 Å². The van der Waals surface area contributed by atoms with Gasteiger partial charge >= 0.3 is 0 Å². The van der Waals surface area contributed by atoms with Gasteiger partial charge in [0.2, 0.25) is 0 Å². The standard InChI is InChI=1S/C11H18O5/c1-10(2)13-6-8(15-10)9-7(5-12)14-11(3,4)16-9/h5,7-9H,6H2,1-4H3/t7-,8+,9+/m1/s1. The van der Waals surface area contributed by atoms with Crippen molar-refractivity contribution in [3.05, 3.63) is 0 Å². The lowest BCUT2D eigenvalue weighted by atomic mass is 10.1. The van der Waals surface area contributed by atoms with Gasteiger partial charge in [-0.15, -0.1) is 0 Å². The van der Waals surface area contributed by atoms with Crippen LogP contribution in [0.5, 0.6) is 0 Å². The number of aldehydes is 1. The summed E-state index contributed by atoms with van der Waals surface area (Å²) in [6.45, 7) is 7.66. The van der Waals surface area contributed by atoms with Crippen LogP contribution in [-0.2, 0) is 23.7 Å². The average molecular weight is 230 g/mol. The SMILES string of the molecule is CC1(C)OC[C@@H]([C@H]2OC(C)(C)O[C@@H]2C=O)O1. The van der Waals surface area contributed by atoms with E-state index in [1.807, 2.05) is 13.8 Å². The molecular weight excluding hydrogens is 212 g/mol. The second-order valence-electron chi connectivity index (χ2n) is 5.07. The second-order valence-corrected chi connectivity index (χ2v) is 5.07. The molecule has 2 aliphatic heterocycles. The fourth-order valence-corrected chi connectivity index (χ4v) is 2.09. The normalized spacial score (nSPS) is 41.1. The molecule has 0 aromatic heterocycles. The van der Waals surface area contributed by atoms with Crippen LogP contribution in [0, 0.1) is 0 Å². The number of hydrogen-bond acceptors (Lipinski definition) is 5. The maximum atomic E-state index is 10.9. The summed E-state index contributed by atoms with van der Waals surface area (Å²) in [7, 11) is 0. The van der Waals surface area contributed by atoms with E-state index in [0.29, 0.717) is 6.61 Å². The van der Waals surface area contributed by atoms with Gasteiger partial charge in [0.25, 0.3) is 0 Å². The van der Waals surface area contributed by atoms with E-state index in [2.05, 4.69) is 0 Å². The van der Waals surface area contributed by atoms with Crippen molar-refractivity contribution < 1.29 is 23.7 Å². The van der Waals surface area contributed by atoms with Crippen molar-refractivity contribution in [3.63, 3.8) is 0 Å². The minimum absolute atomic E-state index is 0.257. The summed E-state index contributed by atoms with van der Waals surface area (Å²) >= 11 is 0. The van der Waals surface area contributed by atoms with Gasteiger partial charge in [-0.25, -0.2) is 0 Å². The lowest BCUT2D eigenvalue weighted by Gasteiger charge is -2.22. The van der Waals surface area contributed by atoms with Gasteiger partial charge in [0.1, 0.15) is 18.3 Å². The highest BCUT2D eigenvalue weighted by Crippen LogP contribution is 2.34. The molecule has 5 nitrogen and oxygen atoms in total. The molecule has 0 spiro atoms. The highest BCUT2D eigenvalue weighted by Gasteiger charge is 2.49. The van der Waals surface area contributed by atoms with Crippen molar-refractivity contribution in [1.29, 1.82) is 0 Å². The van der Waals surface area contributed by atoms with Gasteiger partial charge in [0, 0.05) is 0 Å². The molecule has 0 aliphatic carbocycles. The quantitative estimate of drug-likeness (QED) is 0.658. The second kappa shape index (κ2) is 3.77. The molecule has 16 heavy (non-hydrogen) atoms. The van der Waals surface area contributed by atoms with Gasteiger partial charge in [-0.3, -0.25) is 0 Å². The van der Waals surface area contributed by atoms with Gasteiger partial charge in [-0.1, -0.05) is 0 Å². The molecule has 0 bridgehead atoms. The third-order valence-corrected chi connectivity index (χ3v) is 2.69. The molecule has 5 heteroatoms. The highest BCUT2D eigenvalue weighted by molar-refractivity contribution is 5.58. The zero-order chi connectivity index (χ0) is 12.0. The number of hydrogen-bond donors (Lipinski definition) is 0. The molecule has 0 unspecified atom stereocenters. The van der Waals surface area contributed by atoms with E-state index in [1.54, 1.807) is 13.8 Å². The maximum Gasteiger partial charge on any atom is 0.164 e. The van der Waals surface area contributed by atoms with Crippen LogP contribution in [-0.4, -0.2) is 42.8 Å². The molecule has 2 fully saturated rings. The lowest BCUT2D eigenvalue weighted by Crippen LogP contribution is -2.38. The summed E-state index contributed by atoms with van der Waals surface area (Å²) < 4.78 is 22.3. The Hall–Kier alpha value is -0.490.